The lowest BCUT2D eigenvalue weighted by Gasteiger charge is -2.25. The second kappa shape index (κ2) is 4.43. The van der Waals surface area contributed by atoms with Gasteiger partial charge in [0.1, 0.15) is 5.75 Å². The van der Waals surface area contributed by atoms with Gasteiger partial charge < -0.3 is 5.11 Å². The smallest absolute Gasteiger partial charge is 0.243 e. The molecule has 0 amide bonds. The van der Waals surface area contributed by atoms with E-state index in [0.717, 1.165) is 19.3 Å². The minimum absolute atomic E-state index is 0.0811. The number of nitrogens with zero attached hydrogens (tertiary/aromatic N) is 1. The van der Waals surface area contributed by atoms with E-state index in [1.54, 1.807) is 0 Å². The van der Waals surface area contributed by atoms with Gasteiger partial charge in [0.2, 0.25) is 10.0 Å². The Morgan fingerprint density at radius 1 is 1.00 bits per heavy atom. The van der Waals surface area contributed by atoms with Gasteiger partial charge in [-0.3, -0.25) is 0 Å². The summed E-state index contributed by atoms with van der Waals surface area (Å²) in [5, 5.41) is 9.12. The van der Waals surface area contributed by atoms with Crippen LogP contribution in [0.5, 0.6) is 5.75 Å². The van der Waals surface area contributed by atoms with E-state index >= 15 is 0 Å². The molecule has 1 aliphatic rings. The molecule has 1 heterocycles. The van der Waals surface area contributed by atoms with Gasteiger partial charge in [0.05, 0.1) is 4.90 Å². The van der Waals surface area contributed by atoms with E-state index in [1.807, 2.05) is 0 Å². The predicted octanol–water partition coefficient (Wildman–Crippen LogP) is 1.57. The summed E-state index contributed by atoms with van der Waals surface area (Å²) in [6.45, 7) is 1.20. The van der Waals surface area contributed by atoms with Crippen LogP contribution in [0.15, 0.2) is 29.2 Å². The number of rotatable bonds is 2. The lowest BCUT2D eigenvalue weighted by molar-refractivity contribution is 0.346. The lowest BCUT2D eigenvalue weighted by Crippen LogP contribution is -2.35. The van der Waals surface area contributed by atoms with E-state index in [9.17, 15) is 8.42 Å². The molecule has 1 saturated heterocycles. The maximum Gasteiger partial charge on any atom is 0.243 e. The van der Waals surface area contributed by atoms with Gasteiger partial charge in [0, 0.05) is 13.1 Å². The number of aromatic hydroxyl groups is 1. The fourth-order valence-electron chi connectivity index (χ4n) is 1.87. The van der Waals surface area contributed by atoms with Gasteiger partial charge >= 0.3 is 0 Å². The zero-order chi connectivity index (χ0) is 11.6. The van der Waals surface area contributed by atoms with Crippen molar-refractivity contribution in [2.75, 3.05) is 13.1 Å². The molecule has 0 atom stereocenters. The Bertz CT molecular complexity index is 447. The highest BCUT2D eigenvalue weighted by molar-refractivity contribution is 7.89. The molecule has 1 N–H and O–H groups in total. The highest BCUT2D eigenvalue weighted by atomic mass is 32.2. The molecule has 2 rings (SSSR count). The predicted molar refractivity (Wildman–Crippen MR) is 60.7 cm³/mol. The molecular formula is C11H15NO3S. The van der Waals surface area contributed by atoms with Gasteiger partial charge in [-0.1, -0.05) is 6.42 Å². The Kier molecular flexibility index (Phi) is 3.16. The van der Waals surface area contributed by atoms with Gasteiger partial charge in [0.15, 0.2) is 0 Å². The Labute approximate surface area is 95.6 Å². The fraction of sp³-hybridized carbons (Fsp3) is 0.455. The molecule has 1 aliphatic heterocycles. The molecule has 16 heavy (non-hydrogen) atoms. The summed E-state index contributed by atoms with van der Waals surface area (Å²) in [6.07, 6.45) is 2.95. The largest absolute Gasteiger partial charge is 0.508 e. The summed E-state index contributed by atoms with van der Waals surface area (Å²) in [7, 11) is -3.36. The van der Waals surface area contributed by atoms with Crippen LogP contribution >= 0.6 is 0 Å². The molecule has 0 bridgehead atoms. The van der Waals surface area contributed by atoms with Crippen LogP contribution in [0.1, 0.15) is 19.3 Å². The molecule has 1 fully saturated rings. The molecule has 1 aromatic rings. The molecule has 4 nitrogen and oxygen atoms in total. The number of hydrogen-bond donors (Lipinski definition) is 1. The highest BCUT2D eigenvalue weighted by Gasteiger charge is 2.25. The standard InChI is InChI=1S/C11H15NO3S/c13-10-4-6-11(7-5-10)16(14,15)12-8-2-1-3-9-12/h4-7,13H,1-3,8-9H2. The third kappa shape index (κ3) is 2.20. The van der Waals surface area contributed by atoms with E-state index in [-0.39, 0.29) is 10.6 Å². The minimum Gasteiger partial charge on any atom is -0.508 e. The number of sulfonamides is 1. The monoisotopic (exact) mass is 241 g/mol. The summed E-state index contributed by atoms with van der Waals surface area (Å²) < 4.78 is 25.8. The summed E-state index contributed by atoms with van der Waals surface area (Å²) in [5.41, 5.74) is 0. The molecular weight excluding hydrogens is 226 g/mol. The zero-order valence-electron chi connectivity index (χ0n) is 8.96. The molecule has 5 heteroatoms. The van der Waals surface area contributed by atoms with Crippen molar-refractivity contribution in [3.63, 3.8) is 0 Å². The van der Waals surface area contributed by atoms with E-state index in [4.69, 9.17) is 5.11 Å². The van der Waals surface area contributed by atoms with Crippen molar-refractivity contribution in [1.29, 1.82) is 0 Å². The molecule has 0 aliphatic carbocycles. The average Bonchev–Trinajstić information content (AvgIpc) is 2.31. The number of benzene rings is 1. The average molecular weight is 241 g/mol. The van der Waals surface area contributed by atoms with Gasteiger partial charge in [0.25, 0.3) is 0 Å². The first kappa shape index (κ1) is 11.4. The van der Waals surface area contributed by atoms with Gasteiger partial charge in [-0.05, 0) is 37.1 Å². The maximum absolute atomic E-state index is 12.1. The van der Waals surface area contributed by atoms with E-state index in [1.165, 1.54) is 28.6 Å². The second-order valence-corrected chi connectivity index (χ2v) is 5.90. The van der Waals surface area contributed by atoms with E-state index in [0.29, 0.717) is 13.1 Å². The van der Waals surface area contributed by atoms with Gasteiger partial charge in [-0.2, -0.15) is 4.31 Å². The Hall–Kier alpha value is -1.07. The summed E-state index contributed by atoms with van der Waals surface area (Å²) >= 11 is 0. The third-order valence-corrected chi connectivity index (χ3v) is 4.70. The second-order valence-electron chi connectivity index (χ2n) is 3.96. The van der Waals surface area contributed by atoms with Crippen molar-refractivity contribution < 1.29 is 13.5 Å². The normalized spacial score (nSPS) is 18.5. The molecule has 0 radical (unpaired) electrons. The summed E-state index contributed by atoms with van der Waals surface area (Å²) in [5.74, 6) is 0.0811. The van der Waals surface area contributed by atoms with E-state index in [2.05, 4.69) is 0 Å². The summed E-state index contributed by atoms with van der Waals surface area (Å²) in [4.78, 5) is 0.257. The number of phenols is 1. The van der Waals surface area contributed by atoms with Crippen LogP contribution < -0.4 is 0 Å². The van der Waals surface area contributed by atoms with Crippen molar-refractivity contribution >= 4 is 10.0 Å². The Morgan fingerprint density at radius 3 is 2.12 bits per heavy atom. The van der Waals surface area contributed by atoms with Crippen molar-refractivity contribution in [2.24, 2.45) is 0 Å². The van der Waals surface area contributed by atoms with Crippen LogP contribution in [0.25, 0.3) is 0 Å². The number of piperidine rings is 1. The highest BCUT2D eigenvalue weighted by Crippen LogP contribution is 2.21. The first-order valence-corrected chi connectivity index (χ1v) is 6.84. The first-order chi connectivity index (χ1) is 7.60. The molecule has 0 aromatic heterocycles. The van der Waals surface area contributed by atoms with Crippen LogP contribution in [0, 0.1) is 0 Å². The van der Waals surface area contributed by atoms with Crippen molar-refractivity contribution in [2.45, 2.75) is 24.2 Å². The van der Waals surface area contributed by atoms with E-state index < -0.39 is 10.0 Å². The van der Waals surface area contributed by atoms with Crippen LogP contribution in [0.2, 0.25) is 0 Å². The van der Waals surface area contributed by atoms with Crippen molar-refractivity contribution in [3.05, 3.63) is 24.3 Å². The van der Waals surface area contributed by atoms with Crippen LogP contribution in [0.4, 0.5) is 0 Å². The van der Waals surface area contributed by atoms with Crippen LogP contribution in [-0.4, -0.2) is 30.9 Å². The molecule has 0 spiro atoms. The minimum atomic E-state index is -3.36. The SMILES string of the molecule is O=S(=O)(c1ccc(O)cc1)N1CCCCC1. The fourth-order valence-corrected chi connectivity index (χ4v) is 3.39. The number of hydrogen-bond acceptors (Lipinski definition) is 3. The number of phenolic OH excluding ortho intramolecular Hbond substituents is 1. The summed E-state index contributed by atoms with van der Waals surface area (Å²) in [6, 6.07) is 5.69. The molecule has 0 saturated carbocycles. The van der Waals surface area contributed by atoms with Crippen molar-refractivity contribution in [3.8, 4) is 5.75 Å². The van der Waals surface area contributed by atoms with Gasteiger partial charge in [-0.25, -0.2) is 8.42 Å². The quantitative estimate of drug-likeness (QED) is 0.855. The van der Waals surface area contributed by atoms with Gasteiger partial charge in [-0.15, -0.1) is 0 Å². The van der Waals surface area contributed by atoms with Crippen LogP contribution in [-0.2, 0) is 10.0 Å². The maximum atomic E-state index is 12.1. The Morgan fingerprint density at radius 2 is 1.56 bits per heavy atom. The third-order valence-electron chi connectivity index (χ3n) is 2.79. The molecule has 88 valence electrons. The van der Waals surface area contributed by atoms with Crippen molar-refractivity contribution in [1.82, 2.24) is 4.31 Å². The van der Waals surface area contributed by atoms with Crippen LogP contribution in [0.3, 0.4) is 0 Å². The lowest BCUT2D eigenvalue weighted by atomic mass is 10.2. The topological polar surface area (TPSA) is 57.6 Å². The Balaban J connectivity index is 2.27. The molecule has 1 aromatic carbocycles. The molecule has 0 unspecified atom stereocenters. The zero-order valence-corrected chi connectivity index (χ0v) is 9.78. The first-order valence-electron chi connectivity index (χ1n) is 5.40.